The summed E-state index contributed by atoms with van der Waals surface area (Å²) >= 11 is 0. The molecular weight excluding hydrogens is 186 g/mol. The van der Waals surface area contributed by atoms with Gasteiger partial charge in [-0.2, -0.15) is 0 Å². The molecule has 3 nitrogen and oxygen atoms in total. The van der Waals surface area contributed by atoms with Gasteiger partial charge in [0.25, 0.3) is 0 Å². The molecule has 1 fully saturated rings. The van der Waals surface area contributed by atoms with Crippen molar-refractivity contribution >= 4 is 0 Å². The zero-order chi connectivity index (χ0) is 10.4. The maximum atomic E-state index is 5.78. The van der Waals surface area contributed by atoms with Gasteiger partial charge in [-0.15, -0.1) is 0 Å². The molecule has 1 aromatic rings. The topological polar surface area (TPSA) is 43.8 Å². The molecule has 0 amide bonds. The summed E-state index contributed by atoms with van der Waals surface area (Å²) in [6.45, 7) is 4.09. The van der Waals surface area contributed by atoms with Crippen molar-refractivity contribution in [2.24, 2.45) is 11.7 Å². The molecule has 2 N–H and O–H groups in total. The molecule has 15 heavy (non-hydrogen) atoms. The zero-order valence-electron chi connectivity index (χ0n) is 9.37. The Morgan fingerprint density at radius 2 is 2.20 bits per heavy atom. The number of hydrogen-bond donors (Lipinski definition) is 1. The van der Waals surface area contributed by atoms with Gasteiger partial charge in [-0.25, -0.2) is 4.98 Å². The Bertz CT molecular complexity index is 376. The lowest BCUT2D eigenvalue weighted by atomic mass is 9.97. The van der Waals surface area contributed by atoms with Gasteiger partial charge in [0.1, 0.15) is 5.82 Å². The Hall–Kier alpha value is -0.830. The van der Waals surface area contributed by atoms with Crippen molar-refractivity contribution in [3.63, 3.8) is 0 Å². The van der Waals surface area contributed by atoms with Crippen LogP contribution < -0.4 is 5.73 Å². The van der Waals surface area contributed by atoms with Gasteiger partial charge in [-0.3, -0.25) is 0 Å². The Kier molecular flexibility index (Phi) is 2.09. The van der Waals surface area contributed by atoms with E-state index in [1.54, 1.807) is 0 Å². The number of nitrogens with zero attached hydrogens (tertiary/aromatic N) is 2. The highest BCUT2D eigenvalue weighted by molar-refractivity contribution is 5.23. The Labute approximate surface area is 90.7 Å². The van der Waals surface area contributed by atoms with Crippen molar-refractivity contribution in [3.8, 4) is 0 Å². The third-order valence-electron chi connectivity index (χ3n) is 3.71. The third kappa shape index (κ3) is 1.49. The quantitative estimate of drug-likeness (QED) is 0.800. The predicted octanol–water partition coefficient (Wildman–Crippen LogP) is 1.80. The second kappa shape index (κ2) is 3.34. The Morgan fingerprint density at radius 3 is 2.87 bits per heavy atom. The van der Waals surface area contributed by atoms with Crippen LogP contribution in [-0.4, -0.2) is 9.55 Å². The number of fused-ring (bicyclic) bond motifs is 1. The smallest absolute Gasteiger partial charge is 0.112 e. The highest BCUT2D eigenvalue weighted by Crippen LogP contribution is 2.41. The lowest BCUT2D eigenvalue weighted by Crippen LogP contribution is -2.19. The summed E-state index contributed by atoms with van der Waals surface area (Å²) < 4.78 is 2.46. The van der Waals surface area contributed by atoms with E-state index in [9.17, 15) is 0 Å². The molecule has 2 aliphatic rings. The largest absolute Gasteiger partial charge is 0.331 e. The van der Waals surface area contributed by atoms with E-state index in [0.29, 0.717) is 6.54 Å². The molecule has 1 unspecified atom stereocenters. The minimum Gasteiger partial charge on any atom is -0.331 e. The van der Waals surface area contributed by atoms with Gasteiger partial charge in [0.2, 0.25) is 0 Å². The molecule has 1 atom stereocenters. The van der Waals surface area contributed by atoms with E-state index in [1.165, 1.54) is 37.2 Å². The fourth-order valence-corrected chi connectivity index (χ4v) is 2.63. The summed E-state index contributed by atoms with van der Waals surface area (Å²) in [5.41, 5.74) is 8.36. The van der Waals surface area contributed by atoms with Gasteiger partial charge in [0.15, 0.2) is 0 Å². The van der Waals surface area contributed by atoms with Crippen LogP contribution in [0.3, 0.4) is 0 Å². The number of nitrogens with two attached hydrogens (primary N) is 1. The summed E-state index contributed by atoms with van der Waals surface area (Å²) in [5.74, 6) is 2.88. The lowest BCUT2D eigenvalue weighted by molar-refractivity contribution is 0.407. The van der Waals surface area contributed by atoms with Crippen LogP contribution in [0.2, 0.25) is 0 Å². The second-order valence-electron chi connectivity index (χ2n) is 5.09. The van der Waals surface area contributed by atoms with Gasteiger partial charge in [-0.1, -0.05) is 6.92 Å². The van der Waals surface area contributed by atoms with E-state index in [0.717, 1.165) is 24.1 Å². The zero-order valence-corrected chi connectivity index (χ0v) is 9.37. The first-order chi connectivity index (χ1) is 7.29. The number of rotatable bonds is 2. The van der Waals surface area contributed by atoms with Crippen LogP contribution in [0.15, 0.2) is 0 Å². The molecule has 0 aromatic carbocycles. The minimum absolute atomic E-state index is 0.606. The molecule has 3 heteroatoms. The molecular formula is C12H19N3. The highest BCUT2D eigenvalue weighted by atomic mass is 15.1. The molecule has 1 saturated carbocycles. The van der Waals surface area contributed by atoms with Crippen molar-refractivity contribution in [3.05, 3.63) is 17.2 Å². The van der Waals surface area contributed by atoms with Crippen LogP contribution in [0.25, 0.3) is 0 Å². The maximum absolute atomic E-state index is 5.78. The van der Waals surface area contributed by atoms with Crippen LogP contribution in [-0.2, 0) is 19.5 Å². The molecule has 82 valence electrons. The van der Waals surface area contributed by atoms with Gasteiger partial charge in [0, 0.05) is 24.7 Å². The van der Waals surface area contributed by atoms with E-state index >= 15 is 0 Å². The summed E-state index contributed by atoms with van der Waals surface area (Å²) in [5, 5.41) is 0. The van der Waals surface area contributed by atoms with Crippen LogP contribution in [0.4, 0.5) is 0 Å². The molecule has 0 radical (unpaired) electrons. The fourth-order valence-electron chi connectivity index (χ4n) is 2.63. The summed E-state index contributed by atoms with van der Waals surface area (Å²) in [4.78, 5) is 4.74. The van der Waals surface area contributed by atoms with Crippen molar-refractivity contribution in [2.75, 3.05) is 0 Å². The summed E-state index contributed by atoms with van der Waals surface area (Å²) in [6, 6.07) is 0. The Morgan fingerprint density at radius 1 is 1.40 bits per heavy atom. The lowest BCUT2D eigenvalue weighted by Gasteiger charge is -2.22. The second-order valence-corrected chi connectivity index (χ2v) is 5.09. The SMILES string of the molecule is CC1CCn2c(C3CC3)nc(CN)c2C1. The first kappa shape index (κ1) is 9.40. The average molecular weight is 205 g/mol. The van der Waals surface area contributed by atoms with Gasteiger partial charge in [0.05, 0.1) is 5.69 Å². The van der Waals surface area contributed by atoms with Crippen LogP contribution in [0.1, 0.15) is 49.3 Å². The first-order valence-electron chi connectivity index (χ1n) is 6.08. The van der Waals surface area contributed by atoms with E-state index in [2.05, 4.69) is 11.5 Å². The number of imidazole rings is 1. The minimum atomic E-state index is 0.606. The van der Waals surface area contributed by atoms with Gasteiger partial charge in [-0.05, 0) is 31.6 Å². The number of hydrogen-bond acceptors (Lipinski definition) is 2. The highest BCUT2D eigenvalue weighted by Gasteiger charge is 2.32. The molecule has 1 aliphatic carbocycles. The molecule has 0 saturated heterocycles. The van der Waals surface area contributed by atoms with Gasteiger partial charge < -0.3 is 10.3 Å². The van der Waals surface area contributed by atoms with Gasteiger partial charge >= 0.3 is 0 Å². The van der Waals surface area contributed by atoms with Crippen molar-refractivity contribution < 1.29 is 0 Å². The molecule has 1 aliphatic heterocycles. The normalized spacial score (nSPS) is 25.3. The van der Waals surface area contributed by atoms with Crippen LogP contribution in [0, 0.1) is 5.92 Å². The predicted molar refractivity (Wildman–Crippen MR) is 59.6 cm³/mol. The Balaban J connectivity index is 2.04. The van der Waals surface area contributed by atoms with Crippen molar-refractivity contribution in [2.45, 2.75) is 51.6 Å². The van der Waals surface area contributed by atoms with E-state index in [1.807, 2.05) is 0 Å². The standard InChI is InChI=1S/C12H19N3/c1-8-4-5-15-11(6-8)10(7-13)14-12(15)9-2-3-9/h8-9H,2-7,13H2,1H3. The van der Waals surface area contributed by atoms with Crippen molar-refractivity contribution in [1.82, 2.24) is 9.55 Å². The van der Waals surface area contributed by atoms with E-state index in [4.69, 9.17) is 10.7 Å². The summed E-state index contributed by atoms with van der Waals surface area (Å²) in [6.07, 6.45) is 5.13. The third-order valence-corrected chi connectivity index (χ3v) is 3.71. The molecule has 0 bridgehead atoms. The molecule has 0 spiro atoms. The van der Waals surface area contributed by atoms with E-state index < -0.39 is 0 Å². The molecule has 1 aromatic heterocycles. The van der Waals surface area contributed by atoms with Crippen LogP contribution in [0.5, 0.6) is 0 Å². The van der Waals surface area contributed by atoms with E-state index in [-0.39, 0.29) is 0 Å². The molecule has 2 heterocycles. The van der Waals surface area contributed by atoms with Crippen LogP contribution >= 0.6 is 0 Å². The fraction of sp³-hybridized carbons (Fsp3) is 0.750. The monoisotopic (exact) mass is 205 g/mol. The first-order valence-corrected chi connectivity index (χ1v) is 6.08. The van der Waals surface area contributed by atoms with Crippen molar-refractivity contribution in [1.29, 1.82) is 0 Å². The summed E-state index contributed by atoms with van der Waals surface area (Å²) in [7, 11) is 0. The maximum Gasteiger partial charge on any atom is 0.112 e. The molecule has 3 rings (SSSR count). The average Bonchev–Trinajstić information content (AvgIpc) is 3.01. The number of aromatic nitrogens is 2.